The van der Waals surface area contributed by atoms with Crippen molar-refractivity contribution in [3.8, 4) is 0 Å². The number of halogens is 1. The monoisotopic (exact) mass is 330 g/mol. The maximum Gasteiger partial charge on any atom is 0.286 e. The Morgan fingerprint density at radius 2 is 2.27 bits per heavy atom. The van der Waals surface area contributed by atoms with Gasteiger partial charge < -0.3 is 5.73 Å². The fraction of sp³-hybridized carbons (Fsp3) is 0. The Bertz CT molecular complexity index is 482. The zero-order chi connectivity index (χ0) is 10.8. The highest BCUT2D eigenvalue weighted by molar-refractivity contribution is 14.1. The normalized spacial score (nSPS) is 18.3. The van der Waals surface area contributed by atoms with Gasteiger partial charge in [0.05, 0.1) is 4.91 Å². The van der Waals surface area contributed by atoms with Crippen molar-refractivity contribution in [1.82, 2.24) is 0 Å². The van der Waals surface area contributed by atoms with E-state index in [9.17, 15) is 4.79 Å². The maximum atomic E-state index is 11.3. The van der Waals surface area contributed by atoms with Gasteiger partial charge in [-0.3, -0.25) is 4.79 Å². The predicted octanol–water partition coefficient (Wildman–Crippen LogP) is 2.22. The lowest BCUT2D eigenvalue weighted by Gasteiger charge is -1.96. The lowest BCUT2D eigenvalue weighted by Crippen LogP contribution is -2.01. The van der Waals surface area contributed by atoms with Crippen molar-refractivity contribution >= 4 is 51.5 Å². The first-order chi connectivity index (χ1) is 7.15. The van der Waals surface area contributed by atoms with Crippen LogP contribution < -0.4 is 5.73 Å². The number of rotatable bonds is 1. The first-order valence-electron chi connectivity index (χ1n) is 4.19. The molecule has 15 heavy (non-hydrogen) atoms. The second-order valence-corrected chi connectivity index (χ2v) is 5.23. The molecule has 3 nitrogen and oxygen atoms in total. The molecular weight excluding hydrogens is 323 g/mol. The summed E-state index contributed by atoms with van der Waals surface area (Å²) in [6, 6.07) is 7.88. The lowest BCUT2D eigenvalue weighted by molar-refractivity contribution is -0.113. The second kappa shape index (κ2) is 4.36. The van der Waals surface area contributed by atoms with E-state index < -0.39 is 0 Å². The Hall–Kier alpha value is -0.820. The largest absolute Gasteiger partial charge is 0.378 e. The van der Waals surface area contributed by atoms with Gasteiger partial charge in [-0.2, -0.15) is 4.99 Å². The smallest absolute Gasteiger partial charge is 0.286 e. The third-order valence-electron chi connectivity index (χ3n) is 1.78. The van der Waals surface area contributed by atoms with E-state index in [2.05, 4.69) is 27.6 Å². The molecular formula is C10H7IN2OS. The molecule has 5 heteroatoms. The van der Waals surface area contributed by atoms with Gasteiger partial charge in [0, 0.05) is 3.57 Å². The van der Waals surface area contributed by atoms with Gasteiger partial charge in [0.25, 0.3) is 5.91 Å². The van der Waals surface area contributed by atoms with Crippen LogP contribution in [0.15, 0.2) is 34.2 Å². The third kappa shape index (κ3) is 2.60. The molecule has 1 heterocycles. The molecule has 1 aliphatic rings. The molecule has 0 spiro atoms. The average Bonchev–Trinajstić information content (AvgIpc) is 2.45. The summed E-state index contributed by atoms with van der Waals surface area (Å²) in [5.74, 6) is -0.253. The number of benzene rings is 1. The Kier molecular flexibility index (Phi) is 3.11. The number of carbonyl (C=O) groups excluding carboxylic acids is 1. The van der Waals surface area contributed by atoms with Gasteiger partial charge in [-0.05, 0) is 58.1 Å². The molecule has 0 saturated carbocycles. The van der Waals surface area contributed by atoms with Crippen molar-refractivity contribution in [3.63, 3.8) is 0 Å². The summed E-state index contributed by atoms with van der Waals surface area (Å²) in [4.78, 5) is 15.5. The first-order valence-corrected chi connectivity index (χ1v) is 6.08. The predicted molar refractivity (Wildman–Crippen MR) is 71.4 cm³/mol. The van der Waals surface area contributed by atoms with Gasteiger partial charge in [0.15, 0.2) is 5.17 Å². The summed E-state index contributed by atoms with van der Waals surface area (Å²) < 4.78 is 1.13. The van der Waals surface area contributed by atoms with Gasteiger partial charge in [0.1, 0.15) is 0 Å². The minimum atomic E-state index is -0.253. The number of carbonyl (C=O) groups is 1. The highest BCUT2D eigenvalue weighted by Gasteiger charge is 2.19. The summed E-state index contributed by atoms with van der Waals surface area (Å²) >= 11 is 3.44. The quantitative estimate of drug-likeness (QED) is 0.635. The van der Waals surface area contributed by atoms with E-state index in [1.54, 1.807) is 6.08 Å². The summed E-state index contributed by atoms with van der Waals surface area (Å²) in [6.45, 7) is 0. The van der Waals surface area contributed by atoms with E-state index >= 15 is 0 Å². The molecule has 2 rings (SSSR count). The number of hydrogen-bond acceptors (Lipinski definition) is 3. The maximum absolute atomic E-state index is 11.3. The molecule has 1 aromatic carbocycles. The summed E-state index contributed by atoms with van der Waals surface area (Å²) in [7, 11) is 0. The summed E-state index contributed by atoms with van der Waals surface area (Å²) in [6.07, 6.45) is 1.80. The Morgan fingerprint density at radius 3 is 2.87 bits per heavy atom. The van der Waals surface area contributed by atoms with Crippen LogP contribution in [0.3, 0.4) is 0 Å². The lowest BCUT2D eigenvalue weighted by atomic mass is 10.2. The molecule has 76 valence electrons. The fourth-order valence-corrected chi connectivity index (χ4v) is 2.42. The van der Waals surface area contributed by atoms with E-state index in [0.29, 0.717) is 10.1 Å². The molecule has 1 aromatic rings. The molecule has 0 unspecified atom stereocenters. The summed E-state index contributed by atoms with van der Waals surface area (Å²) in [5.41, 5.74) is 6.44. The molecule has 0 fully saturated rings. The molecule has 0 saturated heterocycles. The number of thioether (sulfide) groups is 1. The molecule has 0 aromatic heterocycles. The minimum Gasteiger partial charge on any atom is -0.378 e. The van der Waals surface area contributed by atoms with Crippen molar-refractivity contribution in [2.24, 2.45) is 10.7 Å². The third-order valence-corrected chi connectivity index (χ3v) is 3.27. The fourth-order valence-electron chi connectivity index (χ4n) is 1.17. The molecule has 0 aliphatic carbocycles. The molecule has 2 N–H and O–H groups in total. The van der Waals surface area contributed by atoms with Crippen LogP contribution in [-0.2, 0) is 4.79 Å². The van der Waals surface area contributed by atoms with Gasteiger partial charge in [-0.15, -0.1) is 0 Å². The number of hydrogen-bond donors (Lipinski definition) is 1. The van der Waals surface area contributed by atoms with Crippen LogP contribution in [-0.4, -0.2) is 11.1 Å². The summed E-state index contributed by atoms with van der Waals surface area (Å²) in [5, 5.41) is 0.317. The molecule has 0 radical (unpaired) electrons. The van der Waals surface area contributed by atoms with E-state index in [4.69, 9.17) is 5.73 Å². The zero-order valence-corrected chi connectivity index (χ0v) is 10.6. The SMILES string of the molecule is NC1=NC(=O)C(=Cc2cccc(I)c2)S1. The number of nitrogens with two attached hydrogens (primary N) is 1. The van der Waals surface area contributed by atoms with Crippen LogP contribution in [0.25, 0.3) is 6.08 Å². The van der Waals surface area contributed by atoms with Crippen LogP contribution in [0.2, 0.25) is 0 Å². The van der Waals surface area contributed by atoms with Crippen LogP contribution in [0.4, 0.5) is 0 Å². The van der Waals surface area contributed by atoms with Crippen LogP contribution in [0.1, 0.15) is 5.56 Å². The van der Waals surface area contributed by atoms with Crippen molar-refractivity contribution in [1.29, 1.82) is 0 Å². The van der Waals surface area contributed by atoms with E-state index in [0.717, 1.165) is 9.13 Å². The highest BCUT2D eigenvalue weighted by atomic mass is 127. The number of amides is 1. The Labute approximate surface area is 105 Å². The standard InChI is InChI=1S/C10H7IN2OS/c11-7-3-1-2-6(4-7)5-8-9(14)13-10(12)15-8/h1-5H,(H2,12,13,14). The van der Waals surface area contributed by atoms with Crippen LogP contribution in [0.5, 0.6) is 0 Å². The van der Waals surface area contributed by atoms with Gasteiger partial charge in [-0.25, -0.2) is 0 Å². The van der Waals surface area contributed by atoms with Gasteiger partial charge in [-0.1, -0.05) is 12.1 Å². The second-order valence-electron chi connectivity index (χ2n) is 2.92. The Balaban J connectivity index is 2.29. The van der Waals surface area contributed by atoms with Gasteiger partial charge >= 0.3 is 0 Å². The number of nitrogens with zero attached hydrogens (tertiary/aromatic N) is 1. The highest BCUT2D eigenvalue weighted by Crippen LogP contribution is 2.26. The first kappa shape index (κ1) is 10.7. The Morgan fingerprint density at radius 1 is 1.47 bits per heavy atom. The van der Waals surface area contributed by atoms with Crippen molar-refractivity contribution in [2.45, 2.75) is 0 Å². The number of amidine groups is 1. The van der Waals surface area contributed by atoms with E-state index in [1.165, 1.54) is 11.8 Å². The molecule has 0 bridgehead atoms. The minimum absolute atomic E-state index is 0.253. The topological polar surface area (TPSA) is 55.4 Å². The van der Waals surface area contributed by atoms with Crippen molar-refractivity contribution in [2.75, 3.05) is 0 Å². The van der Waals surface area contributed by atoms with E-state index in [1.807, 2.05) is 24.3 Å². The zero-order valence-electron chi connectivity index (χ0n) is 7.61. The number of aliphatic imine (C=N–C) groups is 1. The molecule has 0 atom stereocenters. The molecule has 1 amide bonds. The van der Waals surface area contributed by atoms with Crippen molar-refractivity contribution < 1.29 is 4.79 Å². The van der Waals surface area contributed by atoms with Crippen LogP contribution in [0, 0.1) is 3.57 Å². The van der Waals surface area contributed by atoms with E-state index in [-0.39, 0.29) is 5.91 Å². The van der Waals surface area contributed by atoms with Crippen molar-refractivity contribution in [3.05, 3.63) is 38.3 Å². The van der Waals surface area contributed by atoms with Gasteiger partial charge in [0.2, 0.25) is 0 Å². The molecule has 1 aliphatic heterocycles. The van der Waals surface area contributed by atoms with Crippen LogP contribution >= 0.6 is 34.4 Å². The average molecular weight is 330 g/mol.